The van der Waals surface area contributed by atoms with E-state index in [1.165, 1.54) is 0 Å². The molecule has 0 aromatic rings. The van der Waals surface area contributed by atoms with Gasteiger partial charge < -0.3 is 26.6 Å². The van der Waals surface area contributed by atoms with Crippen LogP contribution in [0.2, 0.25) is 5.16 Å². The Morgan fingerprint density at radius 1 is 0.815 bits per heavy atom. The molecular weight excluding hydrogens is 422 g/mol. The SMILES string of the molecule is CCCN(C)SSCCC([Si](OC)(OC)OC)[Si](OCC)(OCC)OCC. The van der Waals surface area contributed by atoms with E-state index in [4.69, 9.17) is 26.6 Å². The first-order chi connectivity index (χ1) is 13.0. The van der Waals surface area contributed by atoms with Gasteiger partial charge in [-0.3, -0.25) is 0 Å². The lowest BCUT2D eigenvalue weighted by molar-refractivity contribution is 0.0481. The summed E-state index contributed by atoms with van der Waals surface area (Å²) in [5.41, 5.74) is 0. The van der Waals surface area contributed by atoms with Gasteiger partial charge in [0.1, 0.15) is 5.16 Å². The van der Waals surface area contributed by atoms with Crippen LogP contribution in [0, 0.1) is 0 Å². The zero-order valence-corrected chi connectivity index (χ0v) is 21.9. The summed E-state index contributed by atoms with van der Waals surface area (Å²) in [5, 5.41) is -0.186. The predicted octanol–water partition coefficient (Wildman–Crippen LogP) is 3.85. The lowest BCUT2D eigenvalue weighted by atomic mass is 10.5. The molecule has 0 aliphatic rings. The summed E-state index contributed by atoms with van der Waals surface area (Å²) < 4.78 is 38.2. The van der Waals surface area contributed by atoms with Crippen LogP contribution >= 0.6 is 21.8 Å². The maximum atomic E-state index is 6.16. The Morgan fingerprint density at radius 2 is 1.30 bits per heavy atom. The van der Waals surface area contributed by atoms with Crippen molar-refractivity contribution in [3.8, 4) is 0 Å². The van der Waals surface area contributed by atoms with Crippen molar-refractivity contribution in [1.82, 2.24) is 4.31 Å². The normalized spacial score (nSPS) is 14.1. The molecule has 164 valence electrons. The van der Waals surface area contributed by atoms with E-state index >= 15 is 0 Å². The molecule has 0 fully saturated rings. The number of nitrogens with zero attached hydrogens (tertiary/aromatic N) is 1. The van der Waals surface area contributed by atoms with E-state index in [1.54, 1.807) is 43.1 Å². The van der Waals surface area contributed by atoms with Gasteiger partial charge in [-0.25, -0.2) is 4.31 Å². The van der Waals surface area contributed by atoms with Gasteiger partial charge in [0.15, 0.2) is 0 Å². The molecule has 0 aromatic heterocycles. The molecule has 0 saturated carbocycles. The Balaban J connectivity index is 5.53. The Hall–Kier alpha value is 0.854. The van der Waals surface area contributed by atoms with Crippen LogP contribution in [-0.2, 0) is 26.6 Å². The summed E-state index contributed by atoms with van der Waals surface area (Å²) >= 11 is 0. The summed E-state index contributed by atoms with van der Waals surface area (Å²) in [4.78, 5) is 0. The van der Waals surface area contributed by atoms with Gasteiger partial charge in [-0.15, -0.1) is 0 Å². The maximum Gasteiger partial charge on any atom is 0.508 e. The van der Waals surface area contributed by atoms with Crippen molar-refractivity contribution in [3.05, 3.63) is 0 Å². The molecule has 1 unspecified atom stereocenters. The second kappa shape index (κ2) is 15.7. The molecule has 0 amide bonds. The molecule has 0 N–H and O–H groups in total. The highest BCUT2D eigenvalue weighted by Crippen LogP contribution is 2.40. The molecule has 0 bridgehead atoms. The van der Waals surface area contributed by atoms with Crippen molar-refractivity contribution in [2.24, 2.45) is 0 Å². The van der Waals surface area contributed by atoms with Gasteiger partial charge in [0, 0.05) is 53.4 Å². The second-order valence-corrected chi connectivity index (χ2v) is 14.8. The molecule has 0 aliphatic carbocycles. The smallest absolute Gasteiger partial charge is 0.377 e. The quantitative estimate of drug-likeness (QED) is 0.131. The average molecular weight is 462 g/mol. The van der Waals surface area contributed by atoms with Gasteiger partial charge in [-0.1, -0.05) is 17.7 Å². The molecule has 0 aliphatic heterocycles. The van der Waals surface area contributed by atoms with Crippen LogP contribution in [0.5, 0.6) is 0 Å². The minimum Gasteiger partial charge on any atom is -0.377 e. The van der Waals surface area contributed by atoms with E-state index < -0.39 is 17.6 Å². The van der Waals surface area contributed by atoms with Crippen LogP contribution in [0.1, 0.15) is 40.5 Å². The summed E-state index contributed by atoms with van der Waals surface area (Å²) in [5.74, 6) is 0.885. The lowest BCUT2D eigenvalue weighted by Crippen LogP contribution is -2.63. The van der Waals surface area contributed by atoms with Crippen LogP contribution in [0.15, 0.2) is 0 Å². The van der Waals surface area contributed by atoms with Crippen molar-refractivity contribution in [3.63, 3.8) is 0 Å². The van der Waals surface area contributed by atoms with Crippen LogP contribution in [-0.4, -0.2) is 82.4 Å². The van der Waals surface area contributed by atoms with E-state index in [0.717, 1.165) is 25.1 Å². The van der Waals surface area contributed by atoms with Crippen molar-refractivity contribution in [1.29, 1.82) is 0 Å². The third kappa shape index (κ3) is 8.63. The summed E-state index contributed by atoms with van der Waals surface area (Å²) in [6, 6.07) is 0. The largest absolute Gasteiger partial charge is 0.508 e. The Kier molecular flexibility index (Phi) is 16.2. The Bertz CT molecular complexity index is 345. The Morgan fingerprint density at radius 3 is 1.67 bits per heavy atom. The Labute approximate surface area is 176 Å². The summed E-state index contributed by atoms with van der Waals surface area (Å²) in [6.07, 6.45) is 1.90. The summed E-state index contributed by atoms with van der Waals surface area (Å²) in [6.45, 7) is 10.6. The van der Waals surface area contributed by atoms with Crippen LogP contribution in [0.3, 0.4) is 0 Å². The molecule has 7 nitrogen and oxygen atoms in total. The standard InChI is InChI=1S/C16H39NO6S2Si2/c1-9-14-17(5)25-24-15-13-16(26(18-6,19-7)20-8)27(21-10-2,22-11-3)23-12-4/h16H,9-15H2,1-8H3. The minimum atomic E-state index is -3.07. The first kappa shape index (κ1) is 27.9. The highest BCUT2D eigenvalue weighted by Gasteiger charge is 2.64. The fourth-order valence-corrected chi connectivity index (χ4v) is 13.4. The molecule has 0 radical (unpaired) electrons. The molecule has 1 atom stereocenters. The fraction of sp³-hybridized carbons (Fsp3) is 1.00. The number of hydrogen-bond acceptors (Lipinski definition) is 9. The molecule has 0 saturated heterocycles. The van der Waals surface area contributed by atoms with Crippen LogP contribution in [0.4, 0.5) is 0 Å². The van der Waals surface area contributed by atoms with Crippen molar-refractivity contribution in [2.75, 3.05) is 60.5 Å². The number of rotatable bonds is 18. The topological polar surface area (TPSA) is 58.6 Å². The van der Waals surface area contributed by atoms with Crippen LogP contribution in [0.25, 0.3) is 0 Å². The molecule has 0 heterocycles. The van der Waals surface area contributed by atoms with Crippen molar-refractivity contribution in [2.45, 2.75) is 45.7 Å². The highest BCUT2D eigenvalue weighted by molar-refractivity contribution is 8.75. The predicted molar refractivity (Wildman–Crippen MR) is 119 cm³/mol. The first-order valence-corrected chi connectivity index (χ1v) is 15.4. The summed E-state index contributed by atoms with van der Waals surface area (Å²) in [7, 11) is 4.46. The third-order valence-corrected chi connectivity index (χ3v) is 14.7. The van der Waals surface area contributed by atoms with Crippen molar-refractivity contribution >= 4 is 39.4 Å². The molecular formula is C16H39NO6S2Si2. The molecule has 0 spiro atoms. The monoisotopic (exact) mass is 461 g/mol. The average Bonchev–Trinajstić information content (AvgIpc) is 2.65. The fourth-order valence-electron chi connectivity index (χ4n) is 2.92. The second-order valence-electron chi connectivity index (χ2n) is 5.71. The van der Waals surface area contributed by atoms with E-state index in [2.05, 4.69) is 18.3 Å². The molecule has 27 heavy (non-hydrogen) atoms. The minimum absolute atomic E-state index is 0.186. The highest BCUT2D eigenvalue weighted by atomic mass is 33.1. The molecule has 0 rings (SSSR count). The van der Waals surface area contributed by atoms with Gasteiger partial charge in [-0.2, -0.15) is 0 Å². The zero-order valence-electron chi connectivity index (χ0n) is 18.2. The van der Waals surface area contributed by atoms with Crippen LogP contribution < -0.4 is 0 Å². The van der Waals surface area contributed by atoms with E-state index in [0.29, 0.717) is 19.8 Å². The van der Waals surface area contributed by atoms with Gasteiger partial charge in [0.2, 0.25) is 0 Å². The zero-order chi connectivity index (χ0) is 20.8. The third-order valence-electron chi connectivity index (χ3n) is 3.95. The van der Waals surface area contributed by atoms with E-state index in [1.807, 2.05) is 20.8 Å². The van der Waals surface area contributed by atoms with Gasteiger partial charge in [0.25, 0.3) is 0 Å². The molecule has 0 aromatic carbocycles. The van der Waals surface area contributed by atoms with Gasteiger partial charge >= 0.3 is 17.6 Å². The van der Waals surface area contributed by atoms with E-state index in [9.17, 15) is 0 Å². The van der Waals surface area contributed by atoms with Gasteiger partial charge in [-0.05, 0) is 51.6 Å². The van der Waals surface area contributed by atoms with Gasteiger partial charge in [0.05, 0.1) is 0 Å². The maximum absolute atomic E-state index is 6.16. The first-order valence-electron chi connectivity index (χ1n) is 9.53. The van der Waals surface area contributed by atoms with Crippen molar-refractivity contribution < 1.29 is 26.6 Å². The molecule has 11 heteroatoms. The number of hydrogen-bond donors (Lipinski definition) is 0. The van der Waals surface area contributed by atoms with E-state index in [-0.39, 0.29) is 5.16 Å². The lowest BCUT2D eigenvalue weighted by Gasteiger charge is -2.41.